The number of furan rings is 1. The molecule has 0 aliphatic heterocycles. The fourth-order valence-electron chi connectivity index (χ4n) is 0.595. The molecule has 1 heterocycles. The maximum absolute atomic E-state index is 11.0. The van der Waals surface area contributed by atoms with E-state index in [9.17, 15) is 4.39 Å². The van der Waals surface area contributed by atoms with Crippen LogP contribution in [0.4, 0.5) is 4.39 Å². The molecule has 2 nitrogen and oxygen atoms in total. The van der Waals surface area contributed by atoms with Crippen molar-refractivity contribution in [2.24, 2.45) is 5.73 Å². The second kappa shape index (κ2) is 10.3. The molecule has 3 heteroatoms. The SMILES string of the molecule is CC.CC(C)F.Cc1ccc(CN)o1. The minimum atomic E-state index is -0.667. The van der Waals surface area contributed by atoms with E-state index >= 15 is 0 Å². The maximum atomic E-state index is 11.0. The normalized spacial score (nSPS) is 8.57. The van der Waals surface area contributed by atoms with Gasteiger partial charge in [-0.15, -0.1) is 0 Å². The van der Waals surface area contributed by atoms with Gasteiger partial charge in [0.2, 0.25) is 0 Å². The van der Waals surface area contributed by atoms with E-state index < -0.39 is 6.17 Å². The Morgan fingerprint density at radius 3 is 1.93 bits per heavy atom. The van der Waals surface area contributed by atoms with Crippen molar-refractivity contribution in [3.05, 3.63) is 23.7 Å². The van der Waals surface area contributed by atoms with Crippen LogP contribution in [-0.2, 0) is 6.54 Å². The van der Waals surface area contributed by atoms with Gasteiger partial charge in [-0.3, -0.25) is 0 Å². The van der Waals surface area contributed by atoms with Crippen LogP contribution in [0.1, 0.15) is 39.2 Å². The smallest absolute Gasteiger partial charge is 0.117 e. The van der Waals surface area contributed by atoms with E-state index in [1.54, 1.807) is 0 Å². The predicted octanol–water partition coefficient (Wildman–Crippen LogP) is 3.44. The number of alkyl halides is 1. The Morgan fingerprint density at radius 1 is 1.36 bits per heavy atom. The molecule has 0 saturated carbocycles. The minimum absolute atomic E-state index is 0.494. The van der Waals surface area contributed by atoms with Crippen molar-refractivity contribution in [1.29, 1.82) is 0 Å². The van der Waals surface area contributed by atoms with Crippen LogP contribution in [0.3, 0.4) is 0 Å². The highest BCUT2D eigenvalue weighted by Gasteiger charge is 1.91. The van der Waals surface area contributed by atoms with Crippen molar-refractivity contribution in [3.63, 3.8) is 0 Å². The second-order valence-electron chi connectivity index (χ2n) is 2.73. The van der Waals surface area contributed by atoms with Gasteiger partial charge in [-0.25, -0.2) is 4.39 Å². The Labute approximate surface area is 86.3 Å². The summed E-state index contributed by atoms with van der Waals surface area (Å²) in [6.07, 6.45) is -0.667. The van der Waals surface area contributed by atoms with E-state index in [1.165, 1.54) is 13.8 Å². The fourth-order valence-corrected chi connectivity index (χ4v) is 0.595. The molecule has 0 aromatic carbocycles. The van der Waals surface area contributed by atoms with Crippen molar-refractivity contribution in [2.45, 2.75) is 47.3 Å². The Balaban J connectivity index is 0. The summed E-state index contributed by atoms with van der Waals surface area (Å²) in [5.74, 6) is 1.77. The van der Waals surface area contributed by atoms with Gasteiger partial charge in [0.05, 0.1) is 12.7 Å². The topological polar surface area (TPSA) is 39.2 Å². The van der Waals surface area contributed by atoms with E-state index in [-0.39, 0.29) is 0 Å². The monoisotopic (exact) mass is 203 g/mol. The quantitative estimate of drug-likeness (QED) is 0.759. The van der Waals surface area contributed by atoms with Crippen molar-refractivity contribution in [3.8, 4) is 0 Å². The van der Waals surface area contributed by atoms with Crippen LogP contribution < -0.4 is 5.73 Å². The summed E-state index contributed by atoms with van der Waals surface area (Å²) >= 11 is 0. The van der Waals surface area contributed by atoms with E-state index in [4.69, 9.17) is 10.2 Å². The van der Waals surface area contributed by atoms with Crippen LogP contribution in [0.2, 0.25) is 0 Å². The van der Waals surface area contributed by atoms with Gasteiger partial charge in [0.25, 0.3) is 0 Å². The molecule has 0 aliphatic carbocycles. The molecule has 1 aromatic rings. The number of halogens is 1. The van der Waals surface area contributed by atoms with Crippen molar-refractivity contribution in [1.82, 2.24) is 0 Å². The molecule has 0 unspecified atom stereocenters. The molecule has 14 heavy (non-hydrogen) atoms. The van der Waals surface area contributed by atoms with E-state index in [2.05, 4.69) is 0 Å². The van der Waals surface area contributed by atoms with Crippen LogP contribution in [-0.4, -0.2) is 6.17 Å². The first-order valence-electron chi connectivity index (χ1n) is 4.95. The molecule has 1 aromatic heterocycles. The Kier molecular flexibility index (Phi) is 11.4. The van der Waals surface area contributed by atoms with Gasteiger partial charge in [-0.2, -0.15) is 0 Å². The molecule has 0 amide bonds. The summed E-state index contributed by atoms with van der Waals surface area (Å²) in [5.41, 5.74) is 5.27. The van der Waals surface area contributed by atoms with Gasteiger partial charge >= 0.3 is 0 Å². The van der Waals surface area contributed by atoms with Gasteiger partial charge in [0.1, 0.15) is 11.5 Å². The molecule has 0 radical (unpaired) electrons. The van der Waals surface area contributed by atoms with Crippen molar-refractivity contribution >= 4 is 0 Å². The highest BCUT2D eigenvalue weighted by molar-refractivity contribution is 5.04. The fraction of sp³-hybridized carbons (Fsp3) is 0.636. The zero-order valence-corrected chi connectivity index (χ0v) is 9.80. The zero-order valence-electron chi connectivity index (χ0n) is 9.80. The standard InChI is InChI=1S/C6H9NO.C3H7F.C2H6/c1-5-2-3-6(4-7)8-5;1-3(2)4;1-2/h2-3H,4,7H2,1H3;3H,1-2H3;1-2H3. The minimum Gasteiger partial charge on any atom is -0.465 e. The lowest BCUT2D eigenvalue weighted by molar-refractivity contribution is 0.391. The maximum Gasteiger partial charge on any atom is 0.117 e. The predicted molar refractivity (Wildman–Crippen MR) is 58.9 cm³/mol. The number of nitrogens with two attached hydrogens (primary N) is 1. The number of hydrogen-bond donors (Lipinski definition) is 1. The zero-order chi connectivity index (χ0) is 11.6. The third-order valence-electron chi connectivity index (χ3n) is 0.997. The average molecular weight is 203 g/mol. The molecule has 2 N–H and O–H groups in total. The third-order valence-corrected chi connectivity index (χ3v) is 0.997. The van der Waals surface area contributed by atoms with Crippen LogP contribution >= 0.6 is 0 Å². The lowest BCUT2D eigenvalue weighted by Crippen LogP contribution is -1.92. The first-order valence-corrected chi connectivity index (χ1v) is 4.95. The van der Waals surface area contributed by atoms with E-state index in [1.807, 2.05) is 32.9 Å². The third kappa shape index (κ3) is 11.2. The average Bonchev–Trinajstić information content (AvgIpc) is 2.54. The van der Waals surface area contributed by atoms with Gasteiger partial charge in [0.15, 0.2) is 0 Å². The second-order valence-corrected chi connectivity index (χ2v) is 2.73. The largest absolute Gasteiger partial charge is 0.465 e. The number of aryl methyl sites for hydroxylation is 1. The first-order chi connectivity index (χ1) is 6.56. The van der Waals surface area contributed by atoms with Gasteiger partial charge < -0.3 is 10.2 Å². The molecule has 0 atom stereocenters. The number of rotatable bonds is 1. The molecule has 0 fully saturated rings. The van der Waals surface area contributed by atoms with Crippen molar-refractivity contribution < 1.29 is 8.81 Å². The summed E-state index contributed by atoms with van der Waals surface area (Å²) in [4.78, 5) is 0. The van der Waals surface area contributed by atoms with Crippen LogP contribution in [0.5, 0.6) is 0 Å². The number of hydrogen-bond acceptors (Lipinski definition) is 2. The Bertz CT molecular complexity index is 206. The highest BCUT2D eigenvalue weighted by Crippen LogP contribution is 2.03. The highest BCUT2D eigenvalue weighted by atomic mass is 19.1. The molecule has 0 aliphatic rings. The van der Waals surface area contributed by atoms with Crippen LogP contribution in [0.25, 0.3) is 0 Å². The Hall–Kier alpha value is -0.830. The molecule has 0 saturated heterocycles. The van der Waals surface area contributed by atoms with Gasteiger partial charge in [-0.1, -0.05) is 13.8 Å². The summed E-state index contributed by atoms with van der Waals surface area (Å²) < 4.78 is 16.1. The summed E-state index contributed by atoms with van der Waals surface area (Å²) in [6.45, 7) is 9.40. The molecule has 1 rings (SSSR count). The molecule has 0 bridgehead atoms. The van der Waals surface area contributed by atoms with Crippen molar-refractivity contribution in [2.75, 3.05) is 0 Å². The lowest BCUT2D eigenvalue weighted by atomic mass is 10.4. The van der Waals surface area contributed by atoms with Gasteiger partial charge in [-0.05, 0) is 32.9 Å². The lowest BCUT2D eigenvalue weighted by Gasteiger charge is -1.83. The van der Waals surface area contributed by atoms with Gasteiger partial charge in [0, 0.05) is 0 Å². The van der Waals surface area contributed by atoms with E-state index in [0.717, 1.165) is 11.5 Å². The molecular weight excluding hydrogens is 181 g/mol. The summed E-state index contributed by atoms with van der Waals surface area (Å²) in [6, 6.07) is 3.79. The first kappa shape index (κ1) is 15.6. The van der Waals surface area contributed by atoms with Crippen LogP contribution in [0, 0.1) is 6.92 Å². The molecule has 0 spiro atoms. The van der Waals surface area contributed by atoms with Crippen LogP contribution in [0.15, 0.2) is 16.5 Å². The van der Waals surface area contributed by atoms with E-state index in [0.29, 0.717) is 6.54 Å². The summed E-state index contributed by atoms with van der Waals surface area (Å²) in [7, 11) is 0. The summed E-state index contributed by atoms with van der Waals surface area (Å²) in [5, 5.41) is 0. The Morgan fingerprint density at radius 2 is 1.79 bits per heavy atom. The molecular formula is C11H22FNO. The molecule has 84 valence electrons.